The van der Waals surface area contributed by atoms with E-state index in [1.54, 1.807) is 4.90 Å². The molecule has 1 N–H and O–H groups in total. The molecule has 1 saturated carbocycles. The third-order valence-electron chi connectivity index (χ3n) is 5.10. The number of nitrogens with one attached hydrogen (secondary N) is 1. The van der Waals surface area contributed by atoms with Gasteiger partial charge < -0.3 is 10.2 Å². The molecule has 1 saturated heterocycles. The number of carbonyl (C=O) groups excluding carboxylic acids is 2. The molecule has 1 aromatic rings. The van der Waals surface area contributed by atoms with Crippen molar-refractivity contribution < 1.29 is 9.59 Å². The molecule has 4 heteroatoms. The molecule has 0 radical (unpaired) electrons. The van der Waals surface area contributed by atoms with Crippen molar-refractivity contribution in [3.63, 3.8) is 0 Å². The summed E-state index contributed by atoms with van der Waals surface area (Å²) in [6, 6.07) is 6.43. The van der Waals surface area contributed by atoms with E-state index in [1.807, 2.05) is 32.0 Å². The van der Waals surface area contributed by atoms with Gasteiger partial charge in [0, 0.05) is 24.7 Å². The lowest BCUT2D eigenvalue weighted by Gasteiger charge is -2.24. The van der Waals surface area contributed by atoms with Crippen LogP contribution in [0.4, 0.5) is 5.69 Å². The first kappa shape index (κ1) is 16.0. The maximum Gasteiger partial charge on any atom is 0.227 e. The van der Waals surface area contributed by atoms with Crippen molar-refractivity contribution in [1.29, 1.82) is 0 Å². The molecule has 1 unspecified atom stereocenters. The molecule has 0 spiro atoms. The SMILES string of the molecule is Cc1ccc(C)c(N2CC(C(=O)NC3CCCCC3)CC2=O)c1. The maximum absolute atomic E-state index is 12.5. The molecule has 1 atom stereocenters. The average molecular weight is 314 g/mol. The highest BCUT2D eigenvalue weighted by Crippen LogP contribution is 2.29. The number of aryl methyl sites for hydroxylation is 2. The standard InChI is InChI=1S/C19H26N2O2/c1-13-8-9-14(2)17(10-13)21-12-15(11-18(21)22)19(23)20-16-6-4-3-5-7-16/h8-10,15-16H,3-7,11-12H2,1-2H3,(H,20,23). The first-order chi connectivity index (χ1) is 11.0. The van der Waals surface area contributed by atoms with Gasteiger partial charge in [0.1, 0.15) is 0 Å². The van der Waals surface area contributed by atoms with Crippen LogP contribution in [0.15, 0.2) is 18.2 Å². The van der Waals surface area contributed by atoms with Crippen molar-refractivity contribution in [3.8, 4) is 0 Å². The fourth-order valence-corrected chi connectivity index (χ4v) is 3.69. The van der Waals surface area contributed by atoms with Gasteiger partial charge in [-0.15, -0.1) is 0 Å². The molecule has 2 aliphatic rings. The van der Waals surface area contributed by atoms with E-state index in [4.69, 9.17) is 0 Å². The lowest BCUT2D eigenvalue weighted by Crippen LogP contribution is -2.40. The van der Waals surface area contributed by atoms with E-state index in [-0.39, 0.29) is 17.7 Å². The van der Waals surface area contributed by atoms with Crippen LogP contribution in [0.25, 0.3) is 0 Å². The molecule has 2 amide bonds. The van der Waals surface area contributed by atoms with Crippen LogP contribution >= 0.6 is 0 Å². The summed E-state index contributed by atoms with van der Waals surface area (Å²) in [5.41, 5.74) is 3.16. The van der Waals surface area contributed by atoms with Gasteiger partial charge in [-0.25, -0.2) is 0 Å². The predicted octanol–water partition coefficient (Wildman–Crippen LogP) is 3.11. The molecule has 1 heterocycles. The average Bonchev–Trinajstić information content (AvgIpc) is 2.92. The number of carbonyl (C=O) groups is 2. The minimum atomic E-state index is -0.218. The number of hydrogen-bond donors (Lipinski definition) is 1. The molecular formula is C19H26N2O2. The highest BCUT2D eigenvalue weighted by molar-refractivity contribution is 6.00. The summed E-state index contributed by atoms with van der Waals surface area (Å²) in [5.74, 6) is -0.107. The molecule has 1 aliphatic heterocycles. The summed E-state index contributed by atoms with van der Waals surface area (Å²) in [7, 11) is 0. The Bertz CT molecular complexity index is 605. The molecule has 1 aromatic carbocycles. The minimum absolute atomic E-state index is 0.0538. The third-order valence-corrected chi connectivity index (χ3v) is 5.10. The van der Waals surface area contributed by atoms with Crippen molar-refractivity contribution in [3.05, 3.63) is 29.3 Å². The Morgan fingerprint density at radius 1 is 1.17 bits per heavy atom. The monoisotopic (exact) mass is 314 g/mol. The van der Waals surface area contributed by atoms with Crippen molar-refractivity contribution >= 4 is 17.5 Å². The Morgan fingerprint density at radius 2 is 1.91 bits per heavy atom. The zero-order valence-corrected chi connectivity index (χ0v) is 14.1. The fourth-order valence-electron chi connectivity index (χ4n) is 3.69. The zero-order chi connectivity index (χ0) is 16.4. The van der Waals surface area contributed by atoms with E-state index in [2.05, 4.69) is 5.32 Å². The van der Waals surface area contributed by atoms with E-state index in [0.29, 0.717) is 19.0 Å². The van der Waals surface area contributed by atoms with Crippen LogP contribution in [0.3, 0.4) is 0 Å². The lowest BCUT2D eigenvalue weighted by molar-refractivity contribution is -0.127. The van der Waals surface area contributed by atoms with Gasteiger partial charge in [-0.1, -0.05) is 31.4 Å². The van der Waals surface area contributed by atoms with Gasteiger partial charge in [0.2, 0.25) is 11.8 Å². The summed E-state index contributed by atoms with van der Waals surface area (Å²) < 4.78 is 0. The Hall–Kier alpha value is -1.84. The van der Waals surface area contributed by atoms with Gasteiger partial charge in [-0.2, -0.15) is 0 Å². The fraction of sp³-hybridized carbons (Fsp3) is 0.579. The Balaban J connectivity index is 1.67. The topological polar surface area (TPSA) is 49.4 Å². The second-order valence-corrected chi connectivity index (χ2v) is 7.04. The van der Waals surface area contributed by atoms with Crippen LogP contribution in [0.5, 0.6) is 0 Å². The molecule has 2 fully saturated rings. The van der Waals surface area contributed by atoms with Gasteiger partial charge in [0.25, 0.3) is 0 Å². The molecule has 0 bridgehead atoms. The van der Waals surface area contributed by atoms with Gasteiger partial charge >= 0.3 is 0 Å². The van der Waals surface area contributed by atoms with E-state index >= 15 is 0 Å². The minimum Gasteiger partial charge on any atom is -0.353 e. The van der Waals surface area contributed by atoms with Crippen LogP contribution < -0.4 is 10.2 Å². The van der Waals surface area contributed by atoms with Gasteiger partial charge in [-0.05, 0) is 43.9 Å². The van der Waals surface area contributed by atoms with Crippen molar-refractivity contribution in [2.75, 3.05) is 11.4 Å². The second kappa shape index (κ2) is 6.73. The van der Waals surface area contributed by atoms with Crippen molar-refractivity contribution in [2.45, 2.75) is 58.4 Å². The Labute approximate surface area is 138 Å². The summed E-state index contributed by atoms with van der Waals surface area (Å²) in [4.78, 5) is 26.7. The van der Waals surface area contributed by atoms with Crippen LogP contribution in [0.1, 0.15) is 49.7 Å². The third kappa shape index (κ3) is 3.57. The summed E-state index contributed by atoms with van der Waals surface area (Å²) >= 11 is 0. The molecule has 124 valence electrons. The van der Waals surface area contributed by atoms with E-state index in [9.17, 15) is 9.59 Å². The van der Waals surface area contributed by atoms with E-state index < -0.39 is 0 Å². The summed E-state index contributed by atoms with van der Waals surface area (Å²) in [6.45, 7) is 4.54. The first-order valence-corrected chi connectivity index (χ1v) is 8.72. The van der Waals surface area contributed by atoms with Crippen LogP contribution in [0, 0.1) is 19.8 Å². The number of hydrogen-bond acceptors (Lipinski definition) is 2. The highest BCUT2D eigenvalue weighted by Gasteiger charge is 2.36. The Morgan fingerprint density at radius 3 is 2.65 bits per heavy atom. The van der Waals surface area contributed by atoms with Gasteiger partial charge in [0.15, 0.2) is 0 Å². The summed E-state index contributed by atoms with van der Waals surface area (Å²) in [5, 5.41) is 3.16. The largest absolute Gasteiger partial charge is 0.353 e. The van der Waals surface area contributed by atoms with Crippen LogP contribution in [-0.2, 0) is 9.59 Å². The van der Waals surface area contributed by atoms with Crippen molar-refractivity contribution in [1.82, 2.24) is 5.32 Å². The molecular weight excluding hydrogens is 288 g/mol. The van der Waals surface area contributed by atoms with E-state index in [1.165, 1.54) is 19.3 Å². The number of amides is 2. The molecule has 1 aliphatic carbocycles. The lowest BCUT2D eigenvalue weighted by atomic mass is 9.95. The summed E-state index contributed by atoms with van der Waals surface area (Å²) in [6.07, 6.45) is 6.15. The van der Waals surface area contributed by atoms with Gasteiger partial charge in [-0.3, -0.25) is 9.59 Å². The van der Waals surface area contributed by atoms with E-state index in [0.717, 1.165) is 29.7 Å². The quantitative estimate of drug-likeness (QED) is 0.932. The Kier molecular flexibility index (Phi) is 4.69. The number of nitrogens with zero attached hydrogens (tertiary/aromatic N) is 1. The normalized spacial score (nSPS) is 22.4. The smallest absolute Gasteiger partial charge is 0.227 e. The van der Waals surface area contributed by atoms with Crippen molar-refractivity contribution in [2.24, 2.45) is 5.92 Å². The molecule has 3 rings (SSSR count). The predicted molar refractivity (Wildman–Crippen MR) is 91.4 cm³/mol. The van der Waals surface area contributed by atoms with Crippen LogP contribution in [-0.4, -0.2) is 24.4 Å². The number of rotatable bonds is 3. The highest BCUT2D eigenvalue weighted by atomic mass is 16.2. The van der Waals surface area contributed by atoms with Crippen LogP contribution in [0.2, 0.25) is 0 Å². The molecule has 4 nitrogen and oxygen atoms in total. The molecule has 23 heavy (non-hydrogen) atoms. The zero-order valence-electron chi connectivity index (χ0n) is 14.1. The van der Waals surface area contributed by atoms with Gasteiger partial charge in [0.05, 0.1) is 5.92 Å². The number of anilines is 1. The second-order valence-electron chi connectivity index (χ2n) is 7.04. The molecule has 0 aromatic heterocycles. The maximum atomic E-state index is 12.5. The first-order valence-electron chi connectivity index (χ1n) is 8.72. The number of benzene rings is 1.